The maximum absolute atomic E-state index is 5.39. The Hall–Kier alpha value is -2.52. The summed E-state index contributed by atoms with van der Waals surface area (Å²) in [6, 6.07) is 9.42. The Morgan fingerprint density at radius 1 is 1.05 bits per heavy atom. The van der Waals surface area contributed by atoms with Gasteiger partial charge in [-0.15, -0.1) is 0 Å². The summed E-state index contributed by atoms with van der Waals surface area (Å²) in [5.74, 6) is 6.35. The second-order valence-corrected chi connectivity index (χ2v) is 4.84. The maximum Gasteiger partial charge on any atom is 0.257 e. The molecule has 3 rings (SSSR count). The van der Waals surface area contributed by atoms with Crippen molar-refractivity contribution >= 4 is 33.5 Å². The number of benzene rings is 1. The second kappa shape index (κ2) is 5.85. The van der Waals surface area contributed by atoms with Gasteiger partial charge in [0.25, 0.3) is 5.95 Å². The SMILES string of the molecule is NNc1nc(Nc2ccccc2Br)nc(-n2cccn2)n1. The summed E-state index contributed by atoms with van der Waals surface area (Å²) in [5, 5.41) is 7.19. The minimum atomic E-state index is 0.241. The zero-order chi connectivity index (χ0) is 14.7. The van der Waals surface area contributed by atoms with Gasteiger partial charge in [-0.1, -0.05) is 12.1 Å². The number of nitrogens with zero attached hydrogens (tertiary/aromatic N) is 5. The normalized spacial score (nSPS) is 10.4. The Kier molecular flexibility index (Phi) is 3.75. The first-order chi connectivity index (χ1) is 10.3. The maximum atomic E-state index is 5.39. The van der Waals surface area contributed by atoms with E-state index in [1.165, 1.54) is 4.68 Å². The number of hydrogen-bond donors (Lipinski definition) is 3. The van der Waals surface area contributed by atoms with Crippen molar-refractivity contribution in [3.05, 3.63) is 47.2 Å². The van der Waals surface area contributed by atoms with Crippen molar-refractivity contribution in [1.29, 1.82) is 0 Å². The van der Waals surface area contributed by atoms with Gasteiger partial charge in [-0.3, -0.25) is 5.43 Å². The van der Waals surface area contributed by atoms with E-state index in [1.54, 1.807) is 18.5 Å². The third kappa shape index (κ3) is 2.98. The molecule has 0 amide bonds. The second-order valence-electron chi connectivity index (χ2n) is 3.98. The fourth-order valence-electron chi connectivity index (χ4n) is 1.66. The number of nitrogen functional groups attached to an aromatic ring is 1. The molecule has 0 unspecified atom stereocenters. The molecule has 0 spiro atoms. The third-order valence-corrected chi connectivity index (χ3v) is 3.27. The van der Waals surface area contributed by atoms with Crippen LogP contribution in [-0.4, -0.2) is 24.7 Å². The summed E-state index contributed by atoms with van der Waals surface area (Å²) >= 11 is 3.46. The topological polar surface area (TPSA) is 107 Å². The van der Waals surface area contributed by atoms with E-state index < -0.39 is 0 Å². The molecule has 0 atom stereocenters. The van der Waals surface area contributed by atoms with E-state index in [4.69, 9.17) is 5.84 Å². The van der Waals surface area contributed by atoms with Gasteiger partial charge in [0.05, 0.1) is 5.69 Å². The van der Waals surface area contributed by atoms with Crippen molar-refractivity contribution in [2.75, 3.05) is 10.7 Å². The van der Waals surface area contributed by atoms with E-state index in [1.807, 2.05) is 24.3 Å². The molecule has 2 heterocycles. The number of nitrogens with two attached hydrogens (primary N) is 1. The number of anilines is 3. The predicted octanol–water partition coefficient (Wildman–Crippen LogP) is 1.85. The number of nitrogens with one attached hydrogen (secondary N) is 2. The van der Waals surface area contributed by atoms with Crippen LogP contribution in [0.25, 0.3) is 5.95 Å². The zero-order valence-corrected chi connectivity index (χ0v) is 12.3. The van der Waals surface area contributed by atoms with Crippen LogP contribution in [0.15, 0.2) is 47.2 Å². The molecule has 2 aromatic heterocycles. The van der Waals surface area contributed by atoms with Gasteiger partial charge in [-0.05, 0) is 34.1 Å². The number of halogens is 1. The van der Waals surface area contributed by atoms with E-state index in [2.05, 4.69) is 46.7 Å². The summed E-state index contributed by atoms with van der Waals surface area (Å²) in [6.45, 7) is 0. The fourth-order valence-corrected chi connectivity index (χ4v) is 2.04. The van der Waals surface area contributed by atoms with Gasteiger partial charge in [0, 0.05) is 16.9 Å². The highest BCUT2D eigenvalue weighted by atomic mass is 79.9. The van der Waals surface area contributed by atoms with Gasteiger partial charge in [-0.2, -0.15) is 20.1 Å². The lowest BCUT2D eigenvalue weighted by Gasteiger charge is -2.09. The molecule has 4 N–H and O–H groups in total. The van der Waals surface area contributed by atoms with Crippen LogP contribution in [0.4, 0.5) is 17.6 Å². The van der Waals surface area contributed by atoms with Crippen LogP contribution in [0.1, 0.15) is 0 Å². The van der Waals surface area contributed by atoms with E-state index in [0.717, 1.165) is 10.2 Å². The molecule has 0 saturated heterocycles. The number of aromatic nitrogens is 5. The highest BCUT2D eigenvalue weighted by Crippen LogP contribution is 2.24. The van der Waals surface area contributed by atoms with Crippen molar-refractivity contribution in [1.82, 2.24) is 24.7 Å². The Morgan fingerprint density at radius 2 is 1.86 bits per heavy atom. The van der Waals surface area contributed by atoms with Crippen LogP contribution in [0.5, 0.6) is 0 Å². The number of para-hydroxylation sites is 1. The van der Waals surface area contributed by atoms with Crippen LogP contribution in [0.2, 0.25) is 0 Å². The third-order valence-electron chi connectivity index (χ3n) is 2.58. The summed E-state index contributed by atoms with van der Waals surface area (Å²) < 4.78 is 2.42. The molecular formula is C12H11BrN8. The highest BCUT2D eigenvalue weighted by Gasteiger charge is 2.09. The quantitative estimate of drug-likeness (QED) is 0.488. The number of hydrazine groups is 1. The number of hydrogen-bond acceptors (Lipinski definition) is 7. The molecular weight excluding hydrogens is 336 g/mol. The fraction of sp³-hybridized carbons (Fsp3) is 0. The van der Waals surface area contributed by atoms with Gasteiger partial charge in [0.15, 0.2) is 0 Å². The lowest BCUT2D eigenvalue weighted by Crippen LogP contribution is -2.15. The minimum Gasteiger partial charge on any atom is -0.323 e. The minimum absolute atomic E-state index is 0.241. The molecule has 9 heteroatoms. The lowest BCUT2D eigenvalue weighted by atomic mass is 10.3. The predicted molar refractivity (Wildman–Crippen MR) is 82.2 cm³/mol. The van der Waals surface area contributed by atoms with Crippen LogP contribution >= 0.6 is 15.9 Å². The molecule has 1 aromatic carbocycles. The molecule has 0 aliphatic rings. The van der Waals surface area contributed by atoms with Crippen LogP contribution in [0.3, 0.4) is 0 Å². The first-order valence-electron chi connectivity index (χ1n) is 6.00. The zero-order valence-electron chi connectivity index (χ0n) is 10.7. The van der Waals surface area contributed by atoms with Crippen LogP contribution < -0.4 is 16.6 Å². The molecule has 8 nitrogen and oxygen atoms in total. The van der Waals surface area contributed by atoms with E-state index in [9.17, 15) is 0 Å². The molecule has 3 aromatic rings. The molecule has 21 heavy (non-hydrogen) atoms. The number of rotatable bonds is 4. The Morgan fingerprint density at radius 3 is 2.57 bits per heavy atom. The van der Waals surface area contributed by atoms with Crippen molar-refractivity contribution in [2.24, 2.45) is 5.84 Å². The standard InChI is InChI=1S/C12H11BrN8/c13-8-4-1-2-5-9(8)16-10-17-11(20-14)19-12(18-10)21-7-3-6-15-21/h1-7H,14H2,(H2,16,17,18,19,20). The van der Waals surface area contributed by atoms with Gasteiger partial charge in [-0.25, -0.2) is 10.5 Å². The molecule has 0 radical (unpaired) electrons. The summed E-state index contributed by atoms with van der Waals surface area (Å²) in [5.41, 5.74) is 3.25. The van der Waals surface area contributed by atoms with Crippen molar-refractivity contribution in [2.45, 2.75) is 0 Å². The Labute approximate surface area is 128 Å². The van der Waals surface area contributed by atoms with E-state index in [-0.39, 0.29) is 5.95 Å². The van der Waals surface area contributed by atoms with Crippen molar-refractivity contribution in [3.8, 4) is 5.95 Å². The largest absolute Gasteiger partial charge is 0.323 e. The highest BCUT2D eigenvalue weighted by molar-refractivity contribution is 9.10. The summed E-state index contributed by atoms with van der Waals surface area (Å²) in [4.78, 5) is 12.6. The molecule has 0 aliphatic carbocycles. The molecule has 0 saturated carbocycles. The Bertz CT molecular complexity index is 743. The van der Waals surface area contributed by atoms with E-state index in [0.29, 0.717) is 11.9 Å². The van der Waals surface area contributed by atoms with Crippen LogP contribution in [0, 0.1) is 0 Å². The van der Waals surface area contributed by atoms with Gasteiger partial charge < -0.3 is 5.32 Å². The smallest absolute Gasteiger partial charge is 0.257 e. The average Bonchev–Trinajstić information content (AvgIpc) is 3.04. The first kappa shape index (κ1) is 13.5. The van der Waals surface area contributed by atoms with Crippen molar-refractivity contribution in [3.63, 3.8) is 0 Å². The molecule has 0 aliphatic heterocycles. The average molecular weight is 347 g/mol. The summed E-state index contributed by atoms with van der Waals surface area (Å²) in [6.07, 6.45) is 3.37. The van der Waals surface area contributed by atoms with Gasteiger partial charge in [0.1, 0.15) is 0 Å². The molecule has 0 fully saturated rings. The monoisotopic (exact) mass is 346 g/mol. The van der Waals surface area contributed by atoms with Gasteiger partial charge >= 0.3 is 0 Å². The summed E-state index contributed by atoms with van der Waals surface area (Å²) in [7, 11) is 0. The van der Waals surface area contributed by atoms with Crippen LogP contribution in [-0.2, 0) is 0 Å². The molecule has 0 bridgehead atoms. The first-order valence-corrected chi connectivity index (χ1v) is 6.80. The lowest BCUT2D eigenvalue weighted by molar-refractivity contribution is 0.799. The van der Waals surface area contributed by atoms with Gasteiger partial charge in [0.2, 0.25) is 11.9 Å². The molecule has 106 valence electrons. The Balaban J connectivity index is 1.99. The van der Waals surface area contributed by atoms with E-state index >= 15 is 0 Å². The van der Waals surface area contributed by atoms with Crippen molar-refractivity contribution < 1.29 is 0 Å².